The summed E-state index contributed by atoms with van der Waals surface area (Å²) in [5, 5.41) is -6.74. The standard InChI is InChI=1S/C4H2F8O3S.C3H7N/c5-1(6)2(7,8)3(9,10)4(11,12)16(13,14)15;1-2-3-4/h1H,(H,13,14,15);2H,1,3-4H2. The van der Waals surface area contributed by atoms with E-state index in [1.54, 1.807) is 6.08 Å². The Balaban J connectivity index is 0. The lowest BCUT2D eigenvalue weighted by Gasteiger charge is -2.29. The Morgan fingerprint density at radius 2 is 1.45 bits per heavy atom. The quantitative estimate of drug-likeness (QED) is 0.457. The van der Waals surface area contributed by atoms with Gasteiger partial charge in [-0.25, -0.2) is 8.78 Å². The van der Waals surface area contributed by atoms with Gasteiger partial charge in [0.15, 0.2) is 0 Å². The Bertz CT molecular complexity index is 422. The molecule has 13 heteroatoms. The lowest BCUT2D eigenvalue weighted by atomic mass is 10.2. The van der Waals surface area contributed by atoms with Crippen molar-refractivity contribution in [3.63, 3.8) is 0 Å². The molecule has 0 aromatic rings. The topological polar surface area (TPSA) is 80.4 Å². The van der Waals surface area contributed by atoms with Crippen LogP contribution in [0.2, 0.25) is 0 Å². The third-order valence-corrected chi connectivity index (χ3v) is 2.45. The van der Waals surface area contributed by atoms with Gasteiger partial charge < -0.3 is 5.73 Å². The molecule has 0 rings (SSSR count). The maximum absolute atomic E-state index is 12.2. The molecule has 0 aliphatic rings. The van der Waals surface area contributed by atoms with E-state index in [4.69, 9.17) is 10.3 Å². The van der Waals surface area contributed by atoms with Crippen LogP contribution in [0, 0.1) is 0 Å². The first-order valence-electron chi connectivity index (χ1n) is 4.30. The van der Waals surface area contributed by atoms with Crippen LogP contribution < -0.4 is 5.73 Å². The second-order valence-corrected chi connectivity index (χ2v) is 4.48. The predicted octanol–water partition coefficient (Wildman–Crippen LogP) is 2.13. The molecule has 0 fully saturated rings. The smallest absolute Gasteiger partial charge is 0.327 e. The summed E-state index contributed by atoms with van der Waals surface area (Å²) in [4.78, 5) is 0. The van der Waals surface area contributed by atoms with Gasteiger partial charge in [0.2, 0.25) is 0 Å². The summed E-state index contributed by atoms with van der Waals surface area (Å²) in [6, 6.07) is 0. The van der Waals surface area contributed by atoms with Crippen LogP contribution in [0.3, 0.4) is 0 Å². The second-order valence-electron chi connectivity index (χ2n) is 3.01. The predicted molar refractivity (Wildman–Crippen MR) is 51.6 cm³/mol. The minimum absolute atomic E-state index is 0.583. The number of nitrogens with two attached hydrogens (primary N) is 1. The number of hydrogen-bond acceptors (Lipinski definition) is 3. The molecule has 0 atom stereocenters. The molecule has 0 aliphatic carbocycles. The molecule has 0 saturated heterocycles. The van der Waals surface area contributed by atoms with Crippen LogP contribution in [-0.4, -0.2) is 43.0 Å². The average Bonchev–Trinajstić information content (AvgIpc) is 2.27. The van der Waals surface area contributed by atoms with E-state index in [-0.39, 0.29) is 0 Å². The van der Waals surface area contributed by atoms with Gasteiger partial charge in [0.25, 0.3) is 0 Å². The average molecular weight is 339 g/mol. The normalized spacial score (nSPS) is 13.8. The van der Waals surface area contributed by atoms with Gasteiger partial charge in [-0.15, -0.1) is 6.58 Å². The Labute approximate surface area is 108 Å². The van der Waals surface area contributed by atoms with E-state index < -0.39 is 33.6 Å². The first-order valence-corrected chi connectivity index (χ1v) is 5.74. The largest absolute Gasteiger partial charge is 0.438 e. The van der Waals surface area contributed by atoms with Gasteiger partial charge in [-0.2, -0.15) is 34.8 Å². The van der Waals surface area contributed by atoms with E-state index in [9.17, 15) is 43.5 Å². The maximum atomic E-state index is 12.2. The van der Waals surface area contributed by atoms with Crippen LogP contribution in [0.15, 0.2) is 12.7 Å². The monoisotopic (exact) mass is 339 g/mol. The van der Waals surface area contributed by atoms with E-state index in [2.05, 4.69) is 6.58 Å². The van der Waals surface area contributed by atoms with Crippen LogP contribution in [0.4, 0.5) is 35.1 Å². The van der Waals surface area contributed by atoms with Gasteiger partial charge in [-0.3, -0.25) is 4.55 Å². The zero-order valence-corrected chi connectivity index (χ0v) is 10.2. The van der Waals surface area contributed by atoms with Crippen molar-refractivity contribution in [2.75, 3.05) is 6.54 Å². The summed E-state index contributed by atoms with van der Waals surface area (Å²) in [6.45, 7) is 3.94. The highest BCUT2D eigenvalue weighted by atomic mass is 32.2. The van der Waals surface area contributed by atoms with Gasteiger partial charge >= 0.3 is 33.6 Å². The molecule has 4 nitrogen and oxygen atoms in total. The van der Waals surface area contributed by atoms with Crippen molar-refractivity contribution in [1.82, 2.24) is 0 Å². The summed E-state index contributed by atoms with van der Waals surface area (Å²) < 4.78 is 123. The van der Waals surface area contributed by atoms with E-state index in [0.717, 1.165) is 0 Å². The molecule has 20 heavy (non-hydrogen) atoms. The summed E-state index contributed by atoms with van der Waals surface area (Å²) in [5.74, 6) is -13.6. The number of halogens is 8. The van der Waals surface area contributed by atoms with Gasteiger partial charge in [-0.1, -0.05) is 6.08 Å². The van der Waals surface area contributed by atoms with Crippen molar-refractivity contribution in [2.24, 2.45) is 5.73 Å². The van der Waals surface area contributed by atoms with Crippen LogP contribution >= 0.6 is 0 Å². The Kier molecular flexibility index (Phi) is 7.12. The summed E-state index contributed by atoms with van der Waals surface area (Å²) in [6.07, 6.45) is -3.59. The molecular formula is C7H9F8NO3S. The molecule has 0 saturated carbocycles. The fourth-order valence-corrected chi connectivity index (χ4v) is 0.953. The van der Waals surface area contributed by atoms with Gasteiger partial charge in [0.1, 0.15) is 0 Å². The van der Waals surface area contributed by atoms with E-state index >= 15 is 0 Å². The summed E-state index contributed by atoms with van der Waals surface area (Å²) in [7, 11) is -6.97. The van der Waals surface area contributed by atoms with E-state index in [1.807, 2.05) is 0 Å². The molecule has 3 N–H and O–H groups in total. The van der Waals surface area contributed by atoms with Crippen LogP contribution in [0.1, 0.15) is 0 Å². The summed E-state index contributed by atoms with van der Waals surface area (Å²) in [5.41, 5.74) is 4.91. The Morgan fingerprint density at radius 1 is 1.15 bits per heavy atom. The maximum Gasteiger partial charge on any atom is 0.438 e. The lowest BCUT2D eigenvalue weighted by molar-refractivity contribution is -0.315. The molecule has 0 amide bonds. The van der Waals surface area contributed by atoms with Crippen molar-refractivity contribution in [2.45, 2.75) is 23.5 Å². The van der Waals surface area contributed by atoms with E-state index in [0.29, 0.717) is 6.54 Å². The second kappa shape index (κ2) is 6.67. The molecule has 0 radical (unpaired) electrons. The Morgan fingerprint density at radius 3 is 1.60 bits per heavy atom. The molecule has 0 aromatic carbocycles. The van der Waals surface area contributed by atoms with Crippen molar-refractivity contribution in [1.29, 1.82) is 0 Å². The Hall–Kier alpha value is -0.950. The van der Waals surface area contributed by atoms with Crippen molar-refractivity contribution in [3.8, 4) is 0 Å². The SMILES string of the molecule is C=CCN.O=S(=O)(O)C(F)(F)C(F)(F)C(F)(F)C(F)F. The van der Waals surface area contributed by atoms with Gasteiger partial charge in [-0.05, 0) is 0 Å². The van der Waals surface area contributed by atoms with Crippen molar-refractivity contribution in [3.05, 3.63) is 12.7 Å². The van der Waals surface area contributed by atoms with Crippen molar-refractivity contribution >= 4 is 10.1 Å². The minimum Gasteiger partial charge on any atom is -0.327 e. The molecule has 0 aromatic heterocycles. The third-order valence-electron chi connectivity index (χ3n) is 1.55. The molecule has 0 spiro atoms. The molecule has 122 valence electrons. The zero-order chi connectivity index (χ0) is 17.0. The van der Waals surface area contributed by atoms with Crippen LogP contribution in [0.25, 0.3) is 0 Å². The van der Waals surface area contributed by atoms with Crippen molar-refractivity contribution < 1.29 is 48.1 Å². The van der Waals surface area contributed by atoms with Gasteiger partial charge in [0.05, 0.1) is 0 Å². The summed E-state index contributed by atoms with van der Waals surface area (Å²) >= 11 is 0. The molecule has 0 aliphatic heterocycles. The van der Waals surface area contributed by atoms with E-state index in [1.165, 1.54) is 0 Å². The number of hydrogen-bond donors (Lipinski definition) is 2. The highest BCUT2D eigenvalue weighted by molar-refractivity contribution is 7.87. The van der Waals surface area contributed by atoms with Crippen LogP contribution in [0.5, 0.6) is 0 Å². The first kappa shape index (κ1) is 21.4. The van der Waals surface area contributed by atoms with Gasteiger partial charge in [0, 0.05) is 6.54 Å². The lowest BCUT2D eigenvalue weighted by Crippen LogP contribution is -2.60. The fraction of sp³-hybridized carbons (Fsp3) is 0.714. The zero-order valence-electron chi connectivity index (χ0n) is 9.34. The molecule has 0 bridgehead atoms. The first-order chi connectivity index (χ1) is 8.61. The highest BCUT2D eigenvalue weighted by Crippen LogP contribution is 2.50. The van der Waals surface area contributed by atoms with Crippen LogP contribution in [-0.2, 0) is 10.1 Å². The number of alkyl halides is 8. The minimum atomic E-state index is -6.97. The molecular weight excluding hydrogens is 330 g/mol. The molecule has 0 heterocycles. The fourth-order valence-electron chi connectivity index (χ4n) is 0.493. The third kappa shape index (κ3) is 4.02. The molecule has 0 unspecified atom stereocenters. The highest BCUT2D eigenvalue weighted by Gasteiger charge is 2.80. The number of rotatable bonds is 5.